The minimum Gasteiger partial charge on any atom is -0.455 e. The molecule has 10 rings (SSSR count). The van der Waals surface area contributed by atoms with Crippen molar-refractivity contribution < 1.29 is 8.83 Å². The van der Waals surface area contributed by atoms with Crippen LogP contribution in [0.1, 0.15) is 25.0 Å². The monoisotopic (exact) mass is 683 g/mol. The molecule has 0 aliphatic carbocycles. The van der Waals surface area contributed by atoms with Crippen LogP contribution in [0.4, 0.5) is 0 Å². The minimum absolute atomic E-state index is 0.543. The Morgan fingerprint density at radius 1 is 0.491 bits per heavy atom. The molecule has 0 atom stereocenters. The third-order valence-corrected chi connectivity index (χ3v) is 10.3. The van der Waals surface area contributed by atoms with Crippen LogP contribution in [0.15, 0.2) is 154 Å². The smallest absolute Gasteiger partial charge is 0.167 e. The fraction of sp³-hybridized carbons (Fsp3) is 0.0625. The number of furan rings is 2. The zero-order valence-corrected chi connectivity index (χ0v) is 29.3. The third-order valence-electron chi connectivity index (χ3n) is 10.3. The van der Waals surface area contributed by atoms with Gasteiger partial charge in [-0.25, -0.2) is 15.0 Å². The van der Waals surface area contributed by atoms with Gasteiger partial charge in [-0.1, -0.05) is 122 Å². The summed E-state index contributed by atoms with van der Waals surface area (Å²) in [5, 5.41) is 6.46. The van der Waals surface area contributed by atoms with Gasteiger partial charge in [0.25, 0.3) is 0 Å². The van der Waals surface area contributed by atoms with Crippen LogP contribution in [0.2, 0.25) is 0 Å². The van der Waals surface area contributed by atoms with Crippen molar-refractivity contribution in [1.82, 2.24) is 15.0 Å². The molecule has 0 amide bonds. The summed E-state index contributed by atoms with van der Waals surface area (Å²) in [6.45, 7) is 4.29. The van der Waals surface area contributed by atoms with Gasteiger partial charge in [-0.05, 0) is 77.2 Å². The summed E-state index contributed by atoms with van der Waals surface area (Å²) >= 11 is 0. The lowest BCUT2D eigenvalue weighted by atomic mass is 9.89. The van der Waals surface area contributed by atoms with Crippen molar-refractivity contribution in [2.75, 3.05) is 0 Å². The summed E-state index contributed by atoms with van der Waals surface area (Å²) in [7, 11) is 0. The van der Waals surface area contributed by atoms with Crippen LogP contribution < -0.4 is 0 Å². The first-order valence-corrected chi connectivity index (χ1v) is 18.0. The van der Waals surface area contributed by atoms with Crippen molar-refractivity contribution in [2.45, 2.75) is 20.3 Å². The number of aryl methyl sites for hydroxylation is 1. The third kappa shape index (κ3) is 4.96. The van der Waals surface area contributed by atoms with Gasteiger partial charge < -0.3 is 8.83 Å². The van der Waals surface area contributed by atoms with Gasteiger partial charge in [0.1, 0.15) is 22.3 Å². The molecule has 0 aliphatic heterocycles. The molecular weight excluding hydrogens is 651 g/mol. The quantitative estimate of drug-likeness (QED) is 0.175. The highest BCUT2D eigenvalue weighted by Gasteiger charge is 2.23. The largest absolute Gasteiger partial charge is 0.455 e. The van der Waals surface area contributed by atoms with E-state index in [0.717, 1.165) is 78.1 Å². The number of hydrogen-bond donors (Lipinski definition) is 0. The lowest BCUT2D eigenvalue weighted by Gasteiger charge is -2.15. The Kier molecular flexibility index (Phi) is 7.25. The normalized spacial score (nSPS) is 12.0. The van der Waals surface area contributed by atoms with Gasteiger partial charge in [-0.15, -0.1) is 0 Å². The Bertz CT molecular complexity index is 3060. The average molecular weight is 684 g/mol. The SMILES string of the molecule is C/C=C\c1c(CC)cc(-c2ccc(-c3nc(-c4ccccc4)nc(-c4cccc5c4oc4ccccc45)n3)c3c2oc2ccccc23)c2ccccc12. The van der Waals surface area contributed by atoms with E-state index < -0.39 is 0 Å². The van der Waals surface area contributed by atoms with Crippen molar-refractivity contribution >= 4 is 60.7 Å². The topological polar surface area (TPSA) is 65.0 Å². The Hall–Kier alpha value is -6.85. The molecule has 7 aromatic carbocycles. The molecule has 5 nitrogen and oxygen atoms in total. The van der Waals surface area contributed by atoms with Gasteiger partial charge in [0.2, 0.25) is 0 Å². The second-order valence-corrected chi connectivity index (χ2v) is 13.3. The molecule has 53 heavy (non-hydrogen) atoms. The van der Waals surface area contributed by atoms with Crippen molar-refractivity contribution in [2.24, 2.45) is 0 Å². The second kappa shape index (κ2) is 12.4. The molecular formula is C48H33N3O2. The van der Waals surface area contributed by atoms with Crippen LogP contribution in [-0.2, 0) is 6.42 Å². The molecule has 0 bridgehead atoms. The van der Waals surface area contributed by atoms with Gasteiger partial charge in [0, 0.05) is 38.2 Å². The summed E-state index contributed by atoms with van der Waals surface area (Å²) in [6, 6.07) is 47.9. The Labute approximate surface area is 305 Å². The van der Waals surface area contributed by atoms with Gasteiger partial charge in [0.05, 0.1) is 5.56 Å². The first-order valence-electron chi connectivity index (χ1n) is 18.0. The fourth-order valence-corrected chi connectivity index (χ4v) is 7.82. The zero-order valence-electron chi connectivity index (χ0n) is 29.3. The van der Waals surface area contributed by atoms with E-state index in [2.05, 4.69) is 92.7 Å². The van der Waals surface area contributed by atoms with Crippen LogP contribution in [0, 0.1) is 0 Å². The van der Waals surface area contributed by atoms with Crippen LogP contribution >= 0.6 is 0 Å². The van der Waals surface area contributed by atoms with E-state index in [9.17, 15) is 0 Å². The van der Waals surface area contributed by atoms with E-state index in [0.29, 0.717) is 17.5 Å². The molecule has 0 spiro atoms. The van der Waals surface area contributed by atoms with Crippen molar-refractivity contribution in [3.05, 3.63) is 157 Å². The molecule has 3 heterocycles. The predicted molar refractivity (Wildman–Crippen MR) is 218 cm³/mol. The molecule has 0 N–H and O–H groups in total. The van der Waals surface area contributed by atoms with Gasteiger partial charge in [0.15, 0.2) is 17.5 Å². The first kappa shape index (κ1) is 30.9. The van der Waals surface area contributed by atoms with E-state index in [1.54, 1.807) is 0 Å². The number of nitrogens with zero attached hydrogens (tertiary/aromatic N) is 3. The maximum absolute atomic E-state index is 6.82. The van der Waals surface area contributed by atoms with E-state index in [1.165, 1.54) is 21.9 Å². The standard InChI is InChI=1S/C48H33N3O2/c1-3-15-31-29(4-2)28-40(33-19-9-8-18-32(31)33)36-26-27-38(43-37-21-11-13-25-42(37)53-45(36)43)47-49-46(30-16-6-5-7-17-30)50-48(51-47)39-23-14-22-35-34-20-10-12-24-41(34)52-44(35)39/h3,5-28H,4H2,1-2H3/b15-3-. The Balaban J connectivity index is 1.27. The lowest BCUT2D eigenvalue weighted by molar-refractivity contribution is 0.669. The molecule has 0 aliphatic rings. The number of aromatic nitrogens is 3. The van der Waals surface area contributed by atoms with Crippen LogP contribution in [-0.4, -0.2) is 15.0 Å². The summed E-state index contributed by atoms with van der Waals surface area (Å²) < 4.78 is 13.3. The molecule has 0 radical (unpaired) electrons. The highest BCUT2D eigenvalue weighted by Crippen LogP contribution is 2.44. The summed E-state index contributed by atoms with van der Waals surface area (Å²) in [6.07, 6.45) is 5.25. The van der Waals surface area contributed by atoms with Gasteiger partial charge >= 0.3 is 0 Å². The minimum atomic E-state index is 0.543. The predicted octanol–water partition coefficient (Wildman–Crippen LogP) is 13.1. The molecule has 3 aromatic heterocycles. The van der Waals surface area contributed by atoms with Crippen molar-refractivity contribution in [3.8, 4) is 45.3 Å². The molecule has 0 unspecified atom stereocenters. The number of hydrogen-bond acceptors (Lipinski definition) is 5. The van der Waals surface area contributed by atoms with Crippen molar-refractivity contribution in [1.29, 1.82) is 0 Å². The summed E-state index contributed by atoms with van der Waals surface area (Å²) in [4.78, 5) is 15.5. The average Bonchev–Trinajstić information content (AvgIpc) is 3.80. The molecule has 10 aromatic rings. The van der Waals surface area contributed by atoms with Crippen molar-refractivity contribution in [3.63, 3.8) is 0 Å². The fourth-order valence-electron chi connectivity index (χ4n) is 7.82. The van der Waals surface area contributed by atoms with E-state index >= 15 is 0 Å². The number of para-hydroxylation sites is 3. The maximum atomic E-state index is 6.82. The van der Waals surface area contributed by atoms with Gasteiger partial charge in [-0.3, -0.25) is 0 Å². The number of allylic oxidation sites excluding steroid dienone is 1. The van der Waals surface area contributed by atoms with Crippen LogP contribution in [0.3, 0.4) is 0 Å². The maximum Gasteiger partial charge on any atom is 0.167 e. The Morgan fingerprint density at radius 3 is 1.87 bits per heavy atom. The molecule has 5 heteroatoms. The second-order valence-electron chi connectivity index (χ2n) is 13.3. The molecule has 0 fully saturated rings. The molecule has 0 saturated carbocycles. The van der Waals surface area contributed by atoms with Gasteiger partial charge in [-0.2, -0.15) is 0 Å². The summed E-state index contributed by atoms with van der Waals surface area (Å²) in [5.41, 5.74) is 10.5. The van der Waals surface area contributed by atoms with E-state index in [1.807, 2.05) is 72.8 Å². The zero-order chi connectivity index (χ0) is 35.5. The van der Waals surface area contributed by atoms with Crippen LogP contribution in [0.5, 0.6) is 0 Å². The first-order chi connectivity index (χ1) is 26.2. The summed E-state index contributed by atoms with van der Waals surface area (Å²) in [5.74, 6) is 1.69. The van der Waals surface area contributed by atoms with E-state index in [4.69, 9.17) is 23.8 Å². The molecule has 252 valence electrons. The number of rotatable bonds is 6. The highest BCUT2D eigenvalue weighted by molar-refractivity contribution is 6.18. The molecule has 0 saturated heterocycles. The van der Waals surface area contributed by atoms with E-state index in [-0.39, 0.29) is 0 Å². The van der Waals surface area contributed by atoms with Crippen LogP contribution in [0.25, 0.3) is 106 Å². The Morgan fingerprint density at radius 2 is 1.09 bits per heavy atom. The number of benzene rings is 7. The lowest BCUT2D eigenvalue weighted by Crippen LogP contribution is -2.01. The highest BCUT2D eigenvalue weighted by atomic mass is 16.3. The number of fused-ring (bicyclic) bond motifs is 7.